The molecule has 0 bridgehead atoms. The van der Waals surface area contributed by atoms with Gasteiger partial charge in [-0.25, -0.2) is 5.90 Å². The van der Waals surface area contributed by atoms with E-state index in [-0.39, 0.29) is 12.4 Å². The molecule has 0 saturated carbocycles. The molecule has 0 aliphatic carbocycles. The second-order valence-electron chi connectivity index (χ2n) is 6.78. The van der Waals surface area contributed by atoms with Gasteiger partial charge in [0.25, 0.3) is 0 Å². The molecule has 0 fully saturated rings. The lowest BCUT2D eigenvalue weighted by Gasteiger charge is -2.33. The zero-order valence-electron chi connectivity index (χ0n) is 15.7. The van der Waals surface area contributed by atoms with Gasteiger partial charge in [0.2, 0.25) is 0 Å². The van der Waals surface area contributed by atoms with Crippen molar-refractivity contribution in [2.45, 2.75) is 25.5 Å². The third-order valence-electron chi connectivity index (χ3n) is 4.53. The van der Waals surface area contributed by atoms with Gasteiger partial charge in [-0.2, -0.15) is 0 Å². The number of rotatable bonds is 8. The molecule has 0 aromatic heterocycles. The second kappa shape index (κ2) is 9.72. The molecule has 4 nitrogen and oxygen atoms in total. The first-order chi connectivity index (χ1) is 12.6. The Morgan fingerprint density at radius 3 is 2.30 bits per heavy atom. The van der Waals surface area contributed by atoms with Gasteiger partial charge in [-0.05, 0) is 17.0 Å². The van der Waals surface area contributed by atoms with Crippen molar-refractivity contribution in [2.75, 3.05) is 13.2 Å². The van der Waals surface area contributed by atoms with Crippen molar-refractivity contribution in [2.24, 2.45) is 5.90 Å². The molecule has 5 heteroatoms. The minimum Gasteiger partial charge on any atom is -0.489 e. The Balaban J connectivity index is 0.00000261. The van der Waals surface area contributed by atoms with E-state index in [1.165, 1.54) is 0 Å². The number of benzene rings is 3. The van der Waals surface area contributed by atoms with Crippen molar-refractivity contribution >= 4 is 23.2 Å². The monoisotopic (exact) mass is 386 g/mol. The molecule has 0 spiro atoms. The lowest BCUT2D eigenvalue weighted by atomic mass is 9.94. The zero-order valence-corrected chi connectivity index (χ0v) is 16.5. The van der Waals surface area contributed by atoms with Crippen LogP contribution in [-0.4, -0.2) is 19.2 Å². The van der Waals surface area contributed by atoms with Gasteiger partial charge in [-0.15, -0.1) is 12.4 Å². The first-order valence-corrected chi connectivity index (χ1v) is 8.92. The van der Waals surface area contributed by atoms with Gasteiger partial charge in [-0.3, -0.25) is 4.84 Å². The maximum Gasteiger partial charge on any atom is 0.160 e. The van der Waals surface area contributed by atoms with E-state index in [1.54, 1.807) is 0 Å². The van der Waals surface area contributed by atoms with Crippen molar-refractivity contribution in [3.05, 3.63) is 78.4 Å². The number of nitrogens with two attached hydrogens (primary N) is 1. The van der Waals surface area contributed by atoms with Gasteiger partial charge < -0.3 is 10.1 Å². The molecule has 0 aliphatic rings. The quantitative estimate of drug-likeness (QED) is 0.562. The SMILES string of the molecule is CC(C)NCC(COc1cccc2ccccc12)(ON)c1ccccc1.Cl. The van der Waals surface area contributed by atoms with Gasteiger partial charge in [-0.1, -0.05) is 80.6 Å². The number of nitrogens with one attached hydrogen (secondary N) is 1. The summed E-state index contributed by atoms with van der Waals surface area (Å²) < 4.78 is 6.22. The van der Waals surface area contributed by atoms with E-state index in [4.69, 9.17) is 15.5 Å². The fraction of sp³-hybridized carbons (Fsp3) is 0.273. The fourth-order valence-corrected chi connectivity index (χ4v) is 3.01. The van der Waals surface area contributed by atoms with Gasteiger partial charge in [0.1, 0.15) is 12.4 Å². The highest BCUT2D eigenvalue weighted by atomic mass is 35.5. The Morgan fingerprint density at radius 2 is 1.59 bits per heavy atom. The summed E-state index contributed by atoms with van der Waals surface area (Å²) in [6.45, 7) is 5.05. The van der Waals surface area contributed by atoms with Crippen molar-refractivity contribution in [3.8, 4) is 5.75 Å². The molecule has 27 heavy (non-hydrogen) atoms. The van der Waals surface area contributed by atoms with Gasteiger partial charge in [0, 0.05) is 18.0 Å². The molecule has 144 valence electrons. The Bertz CT molecular complexity index is 837. The molecule has 3 aromatic carbocycles. The van der Waals surface area contributed by atoms with Crippen LogP contribution >= 0.6 is 12.4 Å². The van der Waals surface area contributed by atoms with Crippen molar-refractivity contribution in [1.82, 2.24) is 5.32 Å². The molecule has 0 heterocycles. The van der Waals surface area contributed by atoms with Crippen LogP contribution in [0.1, 0.15) is 19.4 Å². The normalized spacial score (nSPS) is 13.2. The van der Waals surface area contributed by atoms with Gasteiger partial charge >= 0.3 is 0 Å². The highest BCUT2D eigenvalue weighted by Crippen LogP contribution is 2.29. The lowest BCUT2D eigenvalue weighted by Crippen LogP contribution is -2.48. The van der Waals surface area contributed by atoms with Crippen LogP contribution in [0, 0.1) is 0 Å². The Kier molecular flexibility index (Phi) is 7.63. The van der Waals surface area contributed by atoms with Crippen LogP contribution in [0.3, 0.4) is 0 Å². The van der Waals surface area contributed by atoms with E-state index in [9.17, 15) is 0 Å². The summed E-state index contributed by atoms with van der Waals surface area (Å²) in [5.41, 5.74) is 0.207. The van der Waals surface area contributed by atoms with E-state index >= 15 is 0 Å². The highest BCUT2D eigenvalue weighted by Gasteiger charge is 2.34. The largest absolute Gasteiger partial charge is 0.489 e. The highest BCUT2D eigenvalue weighted by molar-refractivity contribution is 5.88. The molecular formula is C22H27ClN2O2. The molecule has 0 radical (unpaired) electrons. The first-order valence-electron chi connectivity index (χ1n) is 8.92. The molecule has 0 saturated heterocycles. The van der Waals surface area contributed by atoms with Crippen LogP contribution in [0.2, 0.25) is 0 Å². The molecule has 3 aromatic rings. The van der Waals surface area contributed by atoms with E-state index in [2.05, 4.69) is 37.4 Å². The Morgan fingerprint density at radius 1 is 0.926 bits per heavy atom. The molecule has 0 aliphatic heterocycles. The minimum absolute atomic E-state index is 0. The van der Waals surface area contributed by atoms with Crippen molar-refractivity contribution in [3.63, 3.8) is 0 Å². The third kappa shape index (κ3) is 4.99. The lowest BCUT2D eigenvalue weighted by molar-refractivity contribution is -0.0807. The summed E-state index contributed by atoms with van der Waals surface area (Å²) in [6.07, 6.45) is 0. The number of halogens is 1. The van der Waals surface area contributed by atoms with E-state index < -0.39 is 5.60 Å². The van der Waals surface area contributed by atoms with Crippen molar-refractivity contribution < 1.29 is 9.57 Å². The smallest absolute Gasteiger partial charge is 0.160 e. The second-order valence-corrected chi connectivity index (χ2v) is 6.78. The van der Waals surface area contributed by atoms with Gasteiger partial charge in [0.05, 0.1) is 0 Å². The molecular weight excluding hydrogens is 360 g/mol. The predicted octanol–water partition coefficient (Wildman–Crippen LogP) is 4.42. The third-order valence-corrected chi connectivity index (χ3v) is 4.53. The molecule has 0 amide bonds. The average Bonchev–Trinajstić information content (AvgIpc) is 2.69. The maximum absolute atomic E-state index is 6.22. The predicted molar refractivity (Wildman–Crippen MR) is 113 cm³/mol. The first kappa shape index (κ1) is 21.2. The number of ether oxygens (including phenoxy) is 1. The van der Waals surface area contributed by atoms with E-state index in [0.717, 1.165) is 22.1 Å². The molecule has 3 rings (SSSR count). The topological polar surface area (TPSA) is 56.5 Å². The fourth-order valence-electron chi connectivity index (χ4n) is 3.01. The minimum atomic E-state index is -0.775. The van der Waals surface area contributed by atoms with Crippen LogP contribution in [0.15, 0.2) is 72.8 Å². The maximum atomic E-state index is 6.22. The Hall–Kier alpha value is -2.11. The number of hydrogen-bond donors (Lipinski definition) is 2. The Labute approximate surface area is 167 Å². The average molecular weight is 387 g/mol. The number of hydrogen-bond acceptors (Lipinski definition) is 4. The van der Waals surface area contributed by atoms with Crippen LogP contribution < -0.4 is 16.0 Å². The zero-order chi connectivity index (χ0) is 18.4. The van der Waals surface area contributed by atoms with Crippen LogP contribution in [-0.2, 0) is 10.4 Å². The molecule has 1 unspecified atom stereocenters. The van der Waals surface area contributed by atoms with Gasteiger partial charge in [0.15, 0.2) is 5.60 Å². The summed E-state index contributed by atoms with van der Waals surface area (Å²) in [7, 11) is 0. The summed E-state index contributed by atoms with van der Waals surface area (Å²) in [5.74, 6) is 6.61. The van der Waals surface area contributed by atoms with Crippen LogP contribution in [0.25, 0.3) is 10.8 Å². The van der Waals surface area contributed by atoms with Crippen LogP contribution in [0.5, 0.6) is 5.75 Å². The van der Waals surface area contributed by atoms with E-state index in [1.807, 2.05) is 54.6 Å². The summed E-state index contributed by atoms with van der Waals surface area (Å²) in [5, 5.41) is 5.64. The molecule has 1 atom stereocenters. The summed E-state index contributed by atoms with van der Waals surface area (Å²) >= 11 is 0. The number of fused-ring (bicyclic) bond motifs is 1. The summed E-state index contributed by atoms with van der Waals surface area (Å²) in [6, 6.07) is 24.5. The van der Waals surface area contributed by atoms with E-state index in [0.29, 0.717) is 19.2 Å². The molecule has 3 N–H and O–H groups in total. The standard InChI is InChI=1S/C22H26N2O2.ClH/c1-17(2)24-15-22(26-23,19-11-4-3-5-12-19)16-25-21-14-8-10-18-9-6-7-13-20(18)21;/h3-14,17,24H,15-16,23H2,1-2H3;1H. The summed E-state index contributed by atoms with van der Waals surface area (Å²) in [4.78, 5) is 5.52. The van der Waals surface area contributed by atoms with Crippen LogP contribution in [0.4, 0.5) is 0 Å². The van der Waals surface area contributed by atoms with Crippen molar-refractivity contribution in [1.29, 1.82) is 0 Å².